The molecular formula is C14H8F4. The van der Waals surface area contributed by atoms with E-state index in [4.69, 9.17) is 0 Å². The molecule has 0 spiro atoms. The Bertz CT molecular complexity index is 511. The molecule has 0 amide bonds. The van der Waals surface area contributed by atoms with Crippen molar-refractivity contribution in [2.75, 3.05) is 0 Å². The van der Waals surface area contributed by atoms with Gasteiger partial charge in [0.15, 0.2) is 0 Å². The van der Waals surface area contributed by atoms with Crippen molar-refractivity contribution in [1.29, 1.82) is 0 Å². The molecule has 2 aromatic carbocycles. The van der Waals surface area contributed by atoms with Gasteiger partial charge in [-0.2, -0.15) is 17.6 Å². The maximum atomic E-state index is 14.2. The summed E-state index contributed by atoms with van der Waals surface area (Å²) in [6.07, 6.45) is 0. The quantitative estimate of drug-likeness (QED) is 0.614. The summed E-state index contributed by atoms with van der Waals surface area (Å²) < 4.78 is 56.8. The molecule has 0 aliphatic heterocycles. The number of hydrogen-bond donors (Lipinski definition) is 0. The zero-order valence-corrected chi connectivity index (χ0v) is 9.13. The van der Waals surface area contributed by atoms with Gasteiger partial charge in [0.2, 0.25) is 0 Å². The summed E-state index contributed by atoms with van der Waals surface area (Å²) in [5.74, 6) is -6.76. The van der Waals surface area contributed by atoms with E-state index in [0.717, 1.165) is 24.3 Å². The van der Waals surface area contributed by atoms with Crippen LogP contribution >= 0.6 is 0 Å². The molecule has 0 nitrogen and oxygen atoms in total. The summed E-state index contributed by atoms with van der Waals surface area (Å²) in [5.41, 5.74) is -2.47. The molecule has 0 saturated carbocycles. The van der Waals surface area contributed by atoms with E-state index in [1.165, 1.54) is 24.3 Å². The lowest BCUT2D eigenvalue weighted by Crippen LogP contribution is -2.33. The van der Waals surface area contributed by atoms with Crippen LogP contribution in [0.25, 0.3) is 0 Å². The Morgan fingerprint density at radius 3 is 0.944 bits per heavy atom. The lowest BCUT2D eigenvalue weighted by molar-refractivity contribution is -0.0114. The molecule has 0 unspecified atom stereocenters. The SMILES string of the molecule is FC1(F)c2ccccc2C(F)(F)c2ccccc21. The second kappa shape index (κ2) is 3.34. The number of hydrogen-bond acceptors (Lipinski definition) is 0. The van der Waals surface area contributed by atoms with Crippen LogP contribution in [0.1, 0.15) is 22.3 Å². The van der Waals surface area contributed by atoms with E-state index < -0.39 is 34.1 Å². The summed E-state index contributed by atoms with van der Waals surface area (Å²) in [7, 11) is 0. The number of halogens is 4. The lowest BCUT2D eigenvalue weighted by Gasteiger charge is -2.33. The van der Waals surface area contributed by atoms with E-state index in [2.05, 4.69) is 0 Å². The molecule has 2 aromatic rings. The minimum Gasteiger partial charge on any atom is -0.196 e. The van der Waals surface area contributed by atoms with Crippen molar-refractivity contribution in [1.82, 2.24) is 0 Å². The summed E-state index contributed by atoms with van der Waals surface area (Å²) in [4.78, 5) is 0. The molecule has 4 heteroatoms. The van der Waals surface area contributed by atoms with Gasteiger partial charge in [0.05, 0.1) is 0 Å². The molecule has 0 fully saturated rings. The van der Waals surface area contributed by atoms with Gasteiger partial charge in [0.1, 0.15) is 0 Å². The molecule has 0 saturated heterocycles. The smallest absolute Gasteiger partial charge is 0.196 e. The third kappa shape index (κ3) is 1.26. The predicted molar refractivity (Wildman–Crippen MR) is 58.9 cm³/mol. The first-order valence-electron chi connectivity index (χ1n) is 5.41. The minimum absolute atomic E-state index is 0.617. The number of rotatable bonds is 0. The van der Waals surface area contributed by atoms with E-state index in [9.17, 15) is 17.6 Å². The molecule has 0 N–H and O–H groups in total. The first-order chi connectivity index (χ1) is 8.45. The van der Waals surface area contributed by atoms with Crippen molar-refractivity contribution < 1.29 is 17.6 Å². The van der Waals surface area contributed by atoms with Gasteiger partial charge in [-0.05, 0) is 0 Å². The monoisotopic (exact) mass is 252 g/mol. The van der Waals surface area contributed by atoms with E-state index in [0.29, 0.717) is 0 Å². The van der Waals surface area contributed by atoms with Crippen molar-refractivity contribution >= 4 is 0 Å². The topological polar surface area (TPSA) is 0 Å². The van der Waals surface area contributed by atoms with Gasteiger partial charge >= 0.3 is 0 Å². The molecule has 18 heavy (non-hydrogen) atoms. The average Bonchev–Trinajstić information content (AvgIpc) is 2.37. The van der Waals surface area contributed by atoms with Crippen LogP contribution in [0.15, 0.2) is 48.5 Å². The molecule has 0 aromatic heterocycles. The Kier molecular flexibility index (Phi) is 2.09. The van der Waals surface area contributed by atoms with E-state index in [-0.39, 0.29) is 0 Å². The van der Waals surface area contributed by atoms with Crippen LogP contribution in [0.2, 0.25) is 0 Å². The third-order valence-electron chi connectivity index (χ3n) is 3.21. The van der Waals surface area contributed by atoms with Gasteiger partial charge in [-0.25, -0.2) is 0 Å². The van der Waals surface area contributed by atoms with Crippen molar-refractivity contribution in [3.8, 4) is 0 Å². The first kappa shape index (κ1) is 11.3. The third-order valence-corrected chi connectivity index (χ3v) is 3.21. The van der Waals surface area contributed by atoms with Gasteiger partial charge in [-0.1, -0.05) is 48.5 Å². The van der Waals surface area contributed by atoms with Crippen molar-refractivity contribution in [3.05, 3.63) is 70.8 Å². The summed E-state index contributed by atoms with van der Waals surface area (Å²) >= 11 is 0. The van der Waals surface area contributed by atoms with E-state index in [1.54, 1.807) is 0 Å². The number of benzene rings is 2. The molecule has 3 rings (SSSR count). The van der Waals surface area contributed by atoms with Crippen LogP contribution < -0.4 is 0 Å². The van der Waals surface area contributed by atoms with Crippen LogP contribution in [0, 0.1) is 0 Å². The second-order valence-electron chi connectivity index (χ2n) is 4.24. The molecular weight excluding hydrogens is 244 g/mol. The maximum Gasteiger partial charge on any atom is 0.299 e. The largest absolute Gasteiger partial charge is 0.299 e. The van der Waals surface area contributed by atoms with Crippen molar-refractivity contribution in [2.24, 2.45) is 0 Å². The van der Waals surface area contributed by atoms with Crippen LogP contribution in [-0.2, 0) is 11.8 Å². The van der Waals surface area contributed by atoms with Crippen molar-refractivity contribution in [2.45, 2.75) is 11.8 Å². The highest BCUT2D eigenvalue weighted by molar-refractivity contribution is 5.53. The Balaban J connectivity index is 2.41. The summed E-state index contributed by atoms with van der Waals surface area (Å²) in [6.45, 7) is 0. The zero-order chi connectivity index (χ0) is 13.0. The van der Waals surface area contributed by atoms with Crippen LogP contribution in [0.3, 0.4) is 0 Å². The van der Waals surface area contributed by atoms with Crippen LogP contribution in [0.4, 0.5) is 17.6 Å². The maximum absolute atomic E-state index is 14.2. The highest BCUT2D eigenvalue weighted by atomic mass is 19.3. The fraction of sp³-hybridized carbons (Fsp3) is 0.143. The van der Waals surface area contributed by atoms with Crippen molar-refractivity contribution in [3.63, 3.8) is 0 Å². The molecule has 0 bridgehead atoms. The lowest BCUT2D eigenvalue weighted by atomic mass is 9.81. The van der Waals surface area contributed by atoms with E-state index in [1.807, 2.05) is 0 Å². The highest BCUT2D eigenvalue weighted by Gasteiger charge is 2.52. The fourth-order valence-corrected chi connectivity index (χ4v) is 2.35. The van der Waals surface area contributed by atoms with Gasteiger partial charge in [-0.3, -0.25) is 0 Å². The normalized spacial score (nSPS) is 18.9. The van der Waals surface area contributed by atoms with Gasteiger partial charge in [0, 0.05) is 22.3 Å². The minimum atomic E-state index is -3.38. The Morgan fingerprint density at radius 1 is 0.500 bits per heavy atom. The first-order valence-corrected chi connectivity index (χ1v) is 5.41. The van der Waals surface area contributed by atoms with Gasteiger partial charge in [0.25, 0.3) is 11.8 Å². The molecule has 0 radical (unpaired) electrons. The molecule has 0 atom stereocenters. The molecule has 1 aliphatic rings. The Morgan fingerprint density at radius 2 is 0.722 bits per heavy atom. The van der Waals surface area contributed by atoms with Crippen LogP contribution in [0.5, 0.6) is 0 Å². The van der Waals surface area contributed by atoms with E-state index >= 15 is 0 Å². The second-order valence-corrected chi connectivity index (χ2v) is 4.24. The summed E-state index contributed by atoms with van der Waals surface area (Å²) in [5, 5.41) is 0. The van der Waals surface area contributed by atoms with Gasteiger partial charge < -0.3 is 0 Å². The summed E-state index contributed by atoms with van der Waals surface area (Å²) in [6, 6.07) is 9.59. The highest BCUT2D eigenvalue weighted by Crippen LogP contribution is 2.52. The zero-order valence-electron chi connectivity index (χ0n) is 9.13. The predicted octanol–water partition coefficient (Wildman–Crippen LogP) is 4.28. The fourth-order valence-electron chi connectivity index (χ4n) is 2.35. The Labute approximate surface area is 101 Å². The van der Waals surface area contributed by atoms with Gasteiger partial charge in [-0.15, -0.1) is 0 Å². The number of fused-ring (bicyclic) bond motifs is 2. The van der Waals surface area contributed by atoms with Crippen LogP contribution in [-0.4, -0.2) is 0 Å². The molecule has 92 valence electrons. The Hall–Kier alpha value is -1.84. The molecule has 1 aliphatic carbocycles. The standard InChI is InChI=1S/C14H8F4/c15-13(16)9-5-1-2-6-10(9)14(17,18)12-8-4-3-7-11(12)13/h1-8H. The average molecular weight is 252 g/mol. The number of alkyl halides is 4. The molecule has 0 heterocycles.